The molecule has 0 spiro atoms. The van der Waals surface area contributed by atoms with Gasteiger partial charge in [0.25, 0.3) is 0 Å². The molecule has 0 aromatic heterocycles. The molecular formula is C12H15F3N2O2. The summed E-state index contributed by atoms with van der Waals surface area (Å²) in [5.41, 5.74) is 6.31. The summed E-state index contributed by atoms with van der Waals surface area (Å²) >= 11 is 0. The molecule has 19 heavy (non-hydrogen) atoms. The van der Waals surface area contributed by atoms with Gasteiger partial charge in [0.2, 0.25) is 0 Å². The minimum Gasteiger partial charge on any atom is -0.432 e. The predicted octanol–water partition coefficient (Wildman–Crippen LogP) is 1.97. The molecule has 1 aliphatic heterocycles. The van der Waals surface area contributed by atoms with Gasteiger partial charge in [-0.1, -0.05) is 0 Å². The molecule has 0 saturated carbocycles. The van der Waals surface area contributed by atoms with Crippen LogP contribution in [0.15, 0.2) is 12.1 Å². The zero-order valence-electron chi connectivity index (χ0n) is 10.2. The highest BCUT2D eigenvalue weighted by Gasteiger charge is 2.21. The lowest BCUT2D eigenvalue weighted by Crippen LogP contribution is -2.36. The van der Waals surface area contributed by atoms with Crippen LogP contribution in [-0.4, -0.2) is 30.9 Å². The van der Waals surface area contributed by atoms with E-state index in [4.69, 9.17) is 5.73 Å². The number of hydrogen-bond acceptors (Lipinski definition) is 4. The largest absolute Gasteiger partial charge is 0.432 e. The molecule has 0 amide bonds. The first-order chi connectivity index (χ1) is 8.97. The van der Waals surface area contributed by atoms with Gasteiger partial charge in [0.1, 0.15) is 0 Å². The Balaban J connectivity index is 2.24. The van der Waals surface area contributed by atoms with Crippen molar-refractivity contribution in [1.29, 1.82) is 0 Å². The highest BCUT2D eigenvalue weighted by atomic mass is 19.3. The van der Waals surface area contributed by atoms with Crippen LogP contribution in [0, 0.1) is 5.82 Å². The summed E-state index contributed by atoms with van der Waals surface area (Å²) in [7, 11) is 0. The number of nitrogens with two attached hydrogens (primary N) is 1. The van der Waals surface area contributed by atoms with Crippen molar-refractivity contribution in [1.82, 2.24) is 0 Å². The smallest absolute Gasteiger partial charge is 0.387 e. The third-order valence-corrected chi connectivity index (χ3v) is 3.10. The molecule has 1 aliphatic rings. The van der Waals surface area contributed by atoms with Gasteiger partial charge in [-0.25, -0.2) is 4.39 Å². The molecule has 1 aromatic rings. The number of rotatable bonds is 3. The van der Waals surface area contributed by atoms with E-state index < -0.39 is 18.2 Å². The second-order valence-corrected chi connectivity index (χ2v) is 4.44. The van der Waals surface area contributed by atoms with Crippen LogP contribution in [0.1, 0.15) is 12.8 Å². The normalized spacial score (nSPS) is 17.0. The van der Waals surface area contributed by atoms with E-state index in [1.807, 2.05) is 4.90 Å². The van der Waals surface area contributed by atoms with Gasteiger partial charge in [-0.15, -0.1) is 0 Å². The molecular weight excluding hydrogens is 261 g/mol. The van der Waals surface area contributed by atoms with Crippen molar-refractivity contribution >= 4 is 11.4 Å². The van der Waals surface area contributed by atoms with E-state index in [1.165, 1.54) is 6.07 Å². The maximum Gasteiger partial charge on any atom is 0.387 e. The van der Waals surface area contributed by atoms with Crippen LogP contribution in [0.4, 0.5) is 24.5 Å². The number of aliphatic hydroxyl groups is 1. The SMILES string of the molecule is Nc1cc(F)c(OC(F)F)cc1N1CCC(O)CC1. The Morgan fingerprint density at radius 3 is 2.53 bits per heavy atom. The summed E-state index contributed by atoms with van der Waals surface area (Å²) in [5.74, 6) is -1.44. The summed E-state index contributed by atoms with van der Waals surface area (Å²) in [6.07, 6.45) is 0.749. The number of piperidine rings is 1. The molecule has 106 valence electrons. The maximum absolute atomic E-state index is 13.4. The van der Waals surface area contributed by atoms with Gasteiger partial charge in [0.15, 0.2) is 11.6 Å². The number of aliphatic hydroxyl groups excluding tert-OH is 1. The standard InChI is InChI=1S/C12H15F3N2O2/c13-8-5-9(16)10(6-11(8)19-12(14)15)17-3-1-7(18)2-4-17/h5-7,12,18H,1-4,16H2. The second-order valence-electron chi connectivity index (χ2n) is 4.44. The molecule has 0 atom stereocenters. The van der Waals surface area contributed by atoms with E-state index in [9.17, 15) is 18.3 Å². The van der Waals surface area contributed by atoms with E-state index >= 15 is 0 Å². The molecule has 0 bridgehead atoms. The quantitative estimate of drug-likeness (QED) is 0.829. The number of nitrogens with zero attached hydrogens (tertiary/aromatic N) is 1. The maximum atomic E-state index is 13.4. The van der Waals surface area contributed by atoms with Crippen molar-refractivity contribution in [3.63, 3.8) is 0 Å². The van der Waals surface area contributed by atoms with Gasteiger partial charge < -0.3 is 20.5 Å². The Bertz CT molecular complexity index is 449. The van der Waals surface area contributed by atoms with E-state index in [-0.39, 0.29) is 11.8 Å². The van der Waals surface area contributed by atoms with E-state index in [2.05, 4.69) is 4.74 Å². The second kappa shape index (κ2) is 5.56. The Kier molecular flexibility index (Phi) is 4.04. The molecule has 0 aliphatic carbocycles. The molecule has 1 aromatic carbocycles. The third-order valence-electron chi connectivity index (χ3n) is 3.10. The zero-order valence-corrected chi connectivity index (χ0v) is 10.2. The van der Waals surface area contributed by atoms with Crippen molar-refractivity contribution in [2.24, 2.45) is 0 Å². The first kappa shape index (κ1) is 13.8. The highest BCUT2D eigenvalue weighted by molar-refractivity contribution is 5.70. The Labute approximate surface area is 108 Å². The summed E-state index contributed by atoms with van der Waals surface area (Å²) in [4.78, 5) is 1.82. The fourth-order valence-electron chi connectivity index (χ4n) is 2.12. The topological polar surface area (TPSA) is 58.7 Å². The average Bonchev–Trinajstić information content (AvgIpc) is 2.33. The van der Waals surface area contributed by atoms with Crippen LogP contribution >= 0.6 is 0 Å². The predicted molar refractivity (Wildman–Crippen MR) is 64.9 cm³/mol. The first-order valence-electron chi connectivity index (χ1n) is 5.94. The third kappa shape index (κ3) is 3.23. The molecule has 3 N–H and O–H groups in total. The minimum atomic E-state index is -3.09. The lowest BCUT2D eigenvalue weighted by molar-refractivity contribution is -0.0521. The molecule has 1 heterocycles. The molecule has 2 rings (SSSR count). The highest BCUT2D eigenvalue weighted by Crippen LogP contribution is 2.33. The van der Waals surface area contributed by atoms with Gasteiger partial charge in [-0.05, 0) is 12.8 Å². The van der Waals surface area contributed by atoms with Crippen molar-refractivity contribution in [2.75, 3.05) is 23.7 Å². The number of ether oxygens (including phenoxy) is 1. The Morgan fingerprint density at radius 2 is 1.95 bits per heavy atom. The molecule has 0 unspecified atom stereocenters. The van der Waals surface area contributed by atoms with Crippen LogP contribution < -0.4 is 15.4 Å². The van der Waals surface area contributed by atoms with Crippen molar-refractivity contribution in [3.05, 3.63) is 17.9 Å². The Morgan fingerprint density at radius 1 is 1.32 bits per heavy atom. The molecule has 7 heteroatoms. The average molecular weight is 276 g/mol. The van der Waals surface area contributed by atoms with Crippen LogP contribution in [0.2, 0.25) is 0 Å². The number of benzene rings is 1. The summed E-state index contributed by atoms with van der Waals surface area (Å²) < 4.78 is 41.9. The number of anilines is 2. The van der Waals surface area contributed by atoms with Crippen molar-refractivity contribution < 1.29 is 23.0 Å². The fourth-order valence-corrected chi connectivity index (χ4v) is 2.12. The van der Waals surface area contributed by atoms with E-state index in [1.54, 1.807) is 0 Å². The monoisotopic (exact) mass is 276 g/mol. The number of alkyl halides is 2. The fraction of sp³-hybridized carbons (Fsp3) is 0.500. The van der Waals surface area contributed by atoms with Gasteiger partial charge in [0, 0.05) is 25.2 Å². The zero-order chi connectivity index (χ0) is 14.0. The first-order valence-corrected chi connectivity index (χ1v) is 5.94. The lowest BCUT2D eigenvalue weighted by Gasteiger charge is -2.32. The molecule has 4 nitrogen and oxygen atoms in total. The van der Waals surface area contributed by atoms with Gasteiger partial charge in [-0.3, -0.25) is 0 Å². The minimum absolute atomic E-state index is 0.163. The van der Waals surface area contributed by atoms with Gasteiger partial charge >= 0.3 is 6.61 Å². The van der Waals surface area contributed by atoms with Crippen molar-refractivity contribution in [2.45, 2.75) is 25.6 Å². The number of hydrogen-bond donors (Lipinski definition) is 2. The summed E-state index contributed by atoms with van der Waals surface area (Å²) in [5, 5.41) is 9.42. The van der Waals surface area contributed by atoms with Crippen LogP contribution in [0.3, 0.4) is 0 Å². The lowest BCUT2D eigenvalue weighted by atomic mass is 10.1. The molecule has 1 saturated heterocycles. The van der Waals surface area contributed by atoms with Gasteiger partial charge in [-0.2, -0.15) is 8.78 Å². The number of halogens is 3. The molecule has 0 radical (unpaired) electrons. The number of nitrogen functional groups attached to an aromatic ring is 1. The van der Waals surface area contributed by atoms with Crippen molar-refractivity contribution in [3.8, 4) is 5.75 Å². The Hall–Kier alpha value is -1.63. The van der Waals surface area contributed by atoms with Crippen LogP contribution in [0.25, 0.3) is 0 Å². The molecule has 1 fully saturated rings. The van der Waals surface area contributed by atoms with Crippen LogP contribution in [0.5, 0.6) is 5.75 Å². The van der Waals surface area contributed by atoms with E-state index in [0.717, 1.165) is 6.07 Å². The van der Waals surface area contributed by atoms with E-state index in [0.29, 0.717) is 31.6 Å². The summed E-state index contributed by atoms with van der Waals surface area (Å²) in [6, 6.07) is 2.15. The summed E-state index contributed by atoms with van der Waals surface area (Å²) in [6.45, 7) is -2.02. The van der Waals surface area contributed by atoms with Gasteiger partial charge in [0.05, 0.1) is 17.5 Å². The van der Waals surface area contributed by atoms with Crippen LogP contribution in [-0.2, 0) is 0 Å².